The van der Waals surface area contributed by atoms with Gasteiger partial charge in [-0.2, -0.15) is 13.2 Å². The number of likely N-dealkylation sites (tertiary alicyclic amines) is 1. The zero-order valence-electron chi connectivity index (χ0n) is 15.7. The number of hydrogen-bond donors (Lipinski definition) is 0. The summed E-state index contributed by atoms with van der Waals surface area (Å²) in [5, 5.41) is 0. The van der Waals surface area contributed by atoms with Crippen LogP contribution >= 0.6 is 0 Å². The Balaban J connectivity index is 1.89. The lowest BCUT2D eigenvalue weighted by atomic mass is 9.98. The van der Waals surface area contributed by atoms with Crippen LogP contribution in [0.3, 0.4) is 0 Å². The molecule has 1 saturated heterocycles. The van der Waals surface area contributed by atoms with E-state index in [1.165, 1.54) is 12.1 Å². The molecule has 1 aliphatic rings. The number of nitrogens with zero attached hydrogens (tertiary/aromatic N) is 1. The second-order valence-corrected chi connectivity index (χ2v) is 7.57. The molecule has 0 atom stereocenters. The van der Waals surface area contributed by atoms with Crippen molar-refractivity contribution in [3.8, 4) is 18.1 Å². The van der Waals surface area contributed by atoms with Gasteiger partial charge in [-0.05, 0) is 57.7 Å². The van der Waals surface area contributed by atoms with Gasteiger partial charge in [0.2, 0.25) is 0 Å². The van der Waals surface area contributed by atoms with Crippen molar-refractivity contribution in [2.24, 2.45) is 5.92 Å². The summed E-state index contributed by atoms with van der Waals surface area (Å²) in [6.45, 7) is 6.79. The summed E-state index contributed by atoms with van der Waals surface area (Å²) in [6.07, 6.45) is 1.66. The number of piperidine rings is 1. The lowest BCUT2D eigenvalue weighted by Crippen LogP contribution is -2.42. The largest absolute Gasteiger partial charge is 0.493 e. The molecule has 4 nitrogen and oxygen atoms in total. The molecule has 0 spiro atoms. The first-order chi connectivity index (χ1) is 12.5. The maximum absolute atomic E-state index is 13.0. The standard InChI is InChI=1S/C20H24F3NO3/c1-5-15-6-7-16(12-17(15)20(21,22)23)26-13-14-8-10-24(11-9-14)18(25)27-19(2,3)4/h1,6-7,12,14H,8-11,13H2,2-4H3. The Kier molecular flexibility index (Phi) is 6.30. The maximum atomic E-state index is 13.0. The van der Waals surface area contributed by atoms with Crippen LogP contribution in [0.5, 0.6) is 5.75 Å². The van der Waals surface area contributed by atoms with E-state index in [-0.39, 0.29) is 29.9 Å². The Morgan fingerprint density at radius 2 is 1.89 bits per heavy atom. The third-order valence-electron chi connectivity index (χ3n) is 4.20. The van der Waals surface area contributed by atoms with Crippen molar-refractivity contribution in [2.45, 2.75) is 45.4 Å². The fourth-order valence-electron chi connectivity index (χ4n) is 2.80. The van der Waals surface area contributed by atoms with Crippen LogP contribution in [0, 0.1) is 18.3 Å². The number of amides is 1. The van der Waals surface area contributed by atoms with Crippen LogP contribution in [0.1, 0.15) is 44.7 Å². The van der Waals surface area contributed by atoms with E-state index in [1.807, 2.05) is 26.7 Å². The molecule has 1 aliphatic heterocycles. The van der Waals surface area contributed by atoms with Crippen LogP contribution < -0.4 is 4.74 Å². The van der Waals surface area contributed by atoms with Gasteiger partial charge in [-0.1, -0.05) is 5.92 Å². The molecule has 0 bridgehead atoms. The lowest BCUT2D eigenvalue weighted by molar-refractivity contribution is -0.137. The lowest BCUT2D eigenvalue weighted by Gasteiger charge is -2.33. The monoisotopic (exact) mass is 383 g/mol. The zero-order valence-corrected chi connectivity index (χ0v) is 15.7. The molecule has 1 heterocycles. The van der Waals surface area contributed by atoms with Crippen molar-refractivity contribution < 1.29 is 27.4 Å². The summed E-state index contributed by atoms with van der Waals surface area (Å²) in [5.74, 6) is 2.33. The van der Waals surface area contributed by atoms with Crippen LogP contribution in [0.15, 0.2) is 18.2 Å². The normalized spacial score (nSPS) is 16.0. The number of carbonyl (C=O) groups is 1. The molecule has 0 saturated carbocycles. The molecule has 0 radical (unpaired) electrons. The Bertz CT molecular complexity index is 709. The minimum atomic E-state index is -4.53. The molecule has 0 aromatic heterocycles. The number of halogens is 3. The maximum Gasteiger partial charge on any atom is 0.417 e. The van der Waals surface area contributed by atoms with Gasteiger partial charge in [0.05, 0.1) is 12.2 Å². The molecule has 2 rings (SSSR count). The molecular formula is C20H24F3NO3. The molecule has 0 N–H and O–H groups in total. The summed E-state index contributed by atoms with van der Waals surface area (Å²) in [5.41, 5.74) is -1.62. The molecule has 27 heavy (non-hydrogen) atoms. The molecule has 0 unspecified atom stereocenters. The van der Waals surface area contributed by atoms with Crippen LogP contribution in [0.2, 0.25) is 0 Å². The van der Waals surface area contributed by atoms with Gasteiger partial charge in [0, 0.05) is 18.7 Å². The predicted octanol–water partition coefficient (Wildman–Crippen LogP) is 4.71. The summed E-state index contributed by atoms with van der Waals surface area (Å²) < 4.78 is 50.0. The Labute approximate surface area is 157 Å². The first kappa shape index (κ1) is 20.9. The van der Waals surface area contributed by atoms with Gasteiger partial charge < -0.3 is 14.4 Å². The second-order valence-electron chi connectivity index (χ2n) is 7.57. The first-order valence-electron chi connectivity index (χ1n) is 8.78. The van der Waals surface area contributed by atoms with E-state index >= 15 is 0 Å². The van der Waals surface area contributed by atoms with E-state index in [0.29, 0.717) is 25.9 Å². The van der Waals surface area contributed by atoms with E-state index in [2.05, 4.69) is 0 Å². The van der Waals surface area contributed by atoms with Gasteiger partial charge in [-0.3, -0.25) is 0 Å². The van der Waals surface area contributed by atoms with Crippen molar-refractivity contribution in [1.82, 2.24) is 4.90 Å². The van der Waals surface area contributed by atoms with Crippen LogP contribution in [0.25, 0.3) is 0 Å². The number of alkyl halides is 3. The van der Waals surface area contributed by atoms with Crippen molar-refractivity contribution >= 4 is 6.09 Å². The van der Waals surface area contributed by atoms with E-state index < -0.39 is 17.3 Å². The topological polar surface area (TPSA) is 38.8 Å². The van der Waals surface area contributed by atoms with Crippen molar-refractivity contribution in [2.75, 3.05) is 19.7 Å². The SMILES string of the molecule is C#Cc1ccc(OCC2CCN(C(=O)OC(C)(C)C)CC2)cc1C(F)(F)F. The number of carbonyl (C=O) groups excluding carboxylic acids is 1. The molecule has 1 aromatic carbocycles. The summed E-state index contributed by atoms with van der Waals surface area (Å²) in [6, 6.07) is 3.62. The number of benzene rings is 1. The highest BCUT2D eigenvalue weighted by Crippen LogP contribution is 2.34. The third kappa shape index (κ3) is 6.09. The van der Waals surface area contributed by atoms with Crippen molar-refractivity contribution in [1.29, 1.82) is 0 Å². The fourth-order valence-corrected chi connectivity index (χ4v) is 2.80. The van der Waals surface area contributed by atoms with E-state index in [0.717, 1.165) is 6.07 Å². The van der Waals surface area contributed by atoms with Crippen LogP contribution in [-0.2, 0) is 10.9 Å². The Morgan fingerprint density at radius 3 is 2.41 bits per heavy atom. The highest BCUT2D eigenvalue weighted by Gasteiger charge is 2.34. The molecule has 1 amide bonds. The summed E-state index contributed by atoms with van der Waals surface area (Å²) >= 11 is 0. The van der Waals surface area contributed by atoms with E-state index in [1.54, 1.807) is 4.90 Å². The average molecular weight is 383 g/mol. The average Bonchev–Trinajstić information content (AvgIpc) is 2.58. The first-order valence-corrected chi connectivity index (χ1v) is 8.78. The Morgan fingerprint density at radius 1 is 1.26 bits per heavy atom. The van der Waals surface area contributed by atoms with E-state index in [4.69, 9.17) is 15.9 Å². The van der Waals surface area contributed by atoms with Gasteiger partial charge in [0.15, 0.2) is 0 Å². The smallest absolute Gasteiger partial charge is 0.417 e. The van der Waals surface area contributed by atoms with E-state index in [9.17, 15) is 18.0 Å². The van der Waals surface area contributed by atoms with Crippen molar-refractivity contribution in [3.05, 3.63) is 29.3 Å². The quantitative estimate of drug-likeness (QED) is 0.710. The van der Waals surface area contributed by atoms with Gasteiger partial charge in [0.25, 0.3) is 0 Å². The van der Waals surface area contributed by atoms with Crippen LogP contribution in [-0.4, -0.2) is 36.3 Å². The highest BCUT2D eigenvalue weighted by atomic mass is 19.4. The van der Waals surface area contributed by atoms with Crippen molar-refractivity contribution in [3.63, 3.8) is 0 Å². The molecule has 1 fully saturated rings. The Hall–Kier alpha value is -2.36. The molecule has 0 aliphatic carbocycles. The molecule has 1 aromatic rings. The summed E-state index contributed by atoms with van der Waals surface area (Å²) in [4.78, 5) is 13.7. The predicted molar refractivity (Wildman–Crippen MR) is 95.4 cm³/mol. The number of rotatable bonds is 3. The number of hydrogen-bond acceptors (Lipinski definition) is 3. The summed E-state index contributed by atoms with van der Waals surface area (Å²) in [7, 11) is 0. The number of terminal acetylenes is 1. The third-order valence-corrected chi connectivity index (χ3v) is 4.20. The zero-order chi connectivity index (χ0) is 20.2. The fraction of sp³-hybridized carbons (Fsp3) is 0.550. The van der Waals surface area contributed by atoms with Gasteiger partial charge >= 0.3 is 12.3 Å². The van der Waals surface area contributed by atoms with Gasteiger partial charge in [-0.25, -0.2) is 4.79 Å². The molecule has 148 valence electrons. The van der Waals surface area contributed by atoms with Gasteiger partial charge in [0.1, 0.15) is 11.4 Å². The van der Waals surface area contributed by atoms with Crippen LogP contribution in [0.4, 0.5) is 18.0 Å². The number of ether oxygens (including phenoxy) is 2. The minimum absolute atomic E-state index is 0.135. The minimum Gasteiger partial charge on any atom is -0.493 e. The highest BCUT2D eigenvalue weighted by molar-refractivity contribution is 5.68. The second kappa shape index (κ2) is 8.12. The molecule has 7 heteroatoms. The molecular weight excluding hydrogens is 359 g/mol. The van der Waals surface area contributed by atoms with Gasteiger partial charge in [-0.15, -0.1) is 6.42 Å².